The van der Waals surface area contributed by atoms with Gasteiger partial charge in [0.1, 0.15) is 5.75 Å². The van der Waals surface area contributed by atoms with Crippen molar-refractivity contribution in [1.29, 1.82) is 0 Å². The lowest BCUT2D eigenvalue weighted by Gasteiger charge is -2.05. The van der Waals surface area contributed by atoms with Crippen LogP contribution in [0.15, 0.2) is 30.6 Å². The second-order valence-electron chi connectivity index (χ2n) is 4.00. The molecule has 0 saturated carbocycles. The van der Waals surface area contributed by atoms with E-state index in [-0.39, 0.29) is 17.1 Å². The third-order valence-corrected chi connectivity index (χ3v) is 2.66. The van der Waals surface area contributed by atoms with E-state index in [1.54, 1.807) is 10.9 Å². The molecule has 8 heteroatoms. The molecule has 0 aliphatic heterocycles. The molecule has 1 aromatic carbocycles. The van der Waals surface area contributed by atoms with Gasteiger partial charge in [-0.25, -0.2) is 0 Å². The van der Waals surface area contributed by atoms with Crippen molar-refractivity contribution in [3.05, 3.63) is 46.3 Å². The Kier molecular flexibility index (Phi) is 3.65. The predicted molar refractivity (Wildman–Crippen MR) is 70.6 cm³/mol. The average Bonchev–Trinajstić information content (AvgIpc) is 2.89. The molecule has 1 aromatic heterocycles. The summed E-state index contributed by atoms with van der Waals surface area (Å²) in [6, 6.07) is 3.40. The van der Waals surface area contributed by atoms with Crippen molar-refractivity contribution in [3.8, 4) is 5.75 Å². The first-order valence-corrected chi connectivity index (χ1v) is 5.82. The predicted octanol–water partition coefficient (Wildman–Crippen LogP) is 1.77. The first kappa shape index (κ1) is 13.5. The molecule has 0 bridgehead atoms. The van der Waals surface area contributed by atoms with Crippen molar-refractivity contribution in [2.24, 2.45) is 0 Å². The number of nitro benzene ring substituents is 1. The standard InChI is InChI=1S/C12H12N4O4/c1-2-15-7-8(6-13-15)12(18)14-10-5-9(16(19)20)3-4-11(10)17/h3-7,17H,2H2,1H3,(H,14,18). The number of hydrogen-bond acceptors (Lipinski definition) is 5. The minimum absolute atomic E-state index is 0.0200. The maximum atomic E-state index is 11.9. The van der Waals surface area contributed by atoms with Gasteiger partial charge in [-0.2, -0.15) is 5.10 Å². The number of aryl methyl sites for hydroxylation is 1. The molecule has 0 spiro atoms. The van der Waals surface area contributed by atoms with Gasteiger partial charge in [0.15, 0.2) is 0 Å². The van der Waals surface area contributed by atoms with Gasteiger partial charge >= 0.3 is 0 Å². The van der Waals surface area contributed by atoms with E-state index in [0.29, 0.717) is 12.1 Å². The van der Waals surface area contributed by atoms with Crippen LogP contribution in [0.4, 0.5) is 11.4 Å². The number of phenols is 1. The van der Waals surface area contributed by atoms with Crippen LogP contribution in [0.25, 0.3) is 0 Å². The molecule has 0 aliphatic carbocycles. The zero-order chi connectivity index (χ0) is 14.7. The molecular formula is C12H12N4O4. The molecule has 0 atom stereocenters. The Hall–Kier alpha value is -2.90. The smallest absolute Gasteiger partial charge is 0.271 e. The van der Waals surface area contributed by atoms with E-state index >= 15 is 0 Å². The van der Waals surface area contributed by atoms with Crippen molar-refractivity contribution in [1.82, 2.24) is 9.78 Å². The number of carbonyl (C=O) groups excluding carboxylic acids is 1. The minimum Gasteiger partial charge on any atom is -0.506 e. The number of nitrogens with one attached hydrogen (secondary N) is 1. The second-order valence-corrected chi connectivity index (χ2v) is 4.00. The molecule has 8 nitrogen and oxygen atoms in total. The fourth-order valence-electron chi connectivity index (χ4n) is 1.59. The van der Waals surface area contributed by atoms with Gasteiger partial charge in [0.05, 0.1) is 22.4 Å². The Morgan fingerprint density at radius 2 is 2.30 bits per heavy atom. The Morgan fingerprint density at radius 1 is 1.55 bits per heavy atom. The van der Waals surface area contributed by atoms with E-state index < -0.39 is 10.8 Å². The highest BCUT2D eigenvalue weighted by Crippen LogP contribution is 2.28. The summed E-state index contributed by atoms with van der Waals surface area (Å²) in [5.74, 6) is -0.743. The Morgan fingerprint density at radius 3 is 2.90 bits per heavy atom. The van der Waals surface area contributed by atoms with Crippen LogP contribution in [-0.2, 0) is 6.54 Å². The molecule has 0 radical (unpaired) electrons. The number of amides is 1. The van der Waals surface area contributed by atoms with E-state index in [0.717, 1.165) is 18.2 Å². The fourth-order valence-corrected chi connectivity index (χ4v) is 1.59. The van der Waals surface area contributed by atoms with Gasteiger partial charge in [0.2, 0.25) is 0 Å². The first-order chi connectivity index (χ1) is 9.51. The maximum Gasteiger partial charge on any atom is 0.271 e. The number of aromatic nitrogens is 2. The van der Waals surface area contributed by atoms with Gasteiger partial charge in [-0.15, -0.1) is 0 Å². The van der Waals surface area contributed by atoms with Crippen LogP contribution in [0.2, 0.25) is 0 Å². The van der Waals surface area contributed by atoms with Crippen molar-refractivity contribution in [2.45, 2.75) is 13.5 Å². The van der Waals surface area contributed by atoms with Crippen LogP contribution in [0, 0.1) is 10.1 Å². The van der Waals surface area contributed by atoms with Gasteiger partial charge in [-0.1, -0.05) is 0 Å². The number of nitrogens with zero attached hydrogens (tertiary/aromatic N) is 3. The third-order valence-electron chi connectivity index (χ3n) is 2.66. The van der Waals surface area contributed by atoms with Crippen LogP contribution >= 0.6 is 0 Å². The number of rotatable bonds is 4. The van der Waals surface area contributed by atoms with Gasteiger partial charge in [0, 0.05) is 24.9 Å². The molecule has 2 N–H and O–H groups in total. The van der Waals surface area contributed by atoms with E-state index in [2.05, 4.69) is 10.4 Å². The normalized spacial score (nSPS) is 10.2. The molecule has 0 saturated heterocycles. The highest BCUT2D eigenvalue weighted by atomic mass is 16.6. The summed E-state index contributed by atoms with van der Waals surface area (Å²) in [5.41, 5.74) is 0.0635. The number of benzene rings is 1. The SMILES string of the molecule is CCn1cc(C(=O)Nc2cc([N+](=O)[O-])ccc2O)cn1. The average molecular weight is 276 g/mol. The number of aromatic hydroxyl groups is 1. The molecule has 104 valence electrons. The van der Waals surface area contributed by atoms with E-state index in [1.807, 2.05) is 6.92 Å². The molecule has 1 heterocycles. The van der Waals surface area contributed by atoms with Gasteiger partial charge < -0.3 is 10.4 Å². The lowest BCUT2D eigenvalue weighted by molar-refractivity contribution is -0.384. The zero-order valence-corrected chi connectivity index (χ0v) is 10.6. The van der Waals surface area contributed by atoms with Crippen LogP contribution < -0.4 is 5.32 Å². The summed E-state index contributed by atoms with van der Waals surface area (Å²) < 4.78 is 1.57. The van der Waals surface area contributed by atoms with Crippen LogP contribution in [0.1, 0.15) is 17.3 Å². The number of anilines is 1. The first-order valence-electron chi connectivity index (χ1n) is 5.82. The van der Waals surface area contributed by atoms with E-state index in [1.165, 1.54) is 6.20 Å². The highest BCUT2D eigenvalue weighted by Gasteiger charge is 2.14. The van der Waals surface area contributed by atoms with E-state index in [9.17, 15) is 20.0 Å². The number of nitro groups is 1. The summed E-state index contributed by atoms with van der Waals surface area (Å²) in [4.78, 5) is 22.0. The van der Waals surface area contributed by atoms with Crippen LogP contribution in [0.5, 0.6) is 5.75 Å². The number of non-ortho nitro benzene ring substituents is 1. The topological polar surface area (TPSA) is 110 Å². The number of hydrogen-bond donors (Lipinski definition) is 2. The summed E-state index contributed by atoms with van der Waals surface area (Å²) in [6.07, 6.45) is 2.93. The highest BCUT2D eigenvalue weighted by molar-refractivity contribution is 6.04. The van der Waals surface area contributed by atoms with Crippen molar-refractivity contribution in [2.75, 3.05) is 5.32 Å². The monoisotopic (exact) mass is 276 g/mol. The minimum atomic E-state index is -0.607. The lowest BCUT2D eigenvalue weighted by Crippen LogP contribution is -2.11. The zero-order valence-electron chi connectivity index (χ0n) is 10.6. The van der Waals surface area contributed by atoms with E-state index in [4.69, 9.17) is 0 Å². The summed E-state index contributed by atoms with van der Waals surface area (Å²) in [7, 11) is 0. The van der Waals surface area contributed by atoms with Gasteiger partial charge in [0.25, 0.3) is 11.6 Å². The molecular weight excluding hydrogens is 264 g/mol. The fraction of sp³-hybridized carbons (Fsp3) is 0.167. The number of carbonyl (C=O) groups is 1. The Bertz CT molecular complexity index is 665. The van der Waals surface area contributed by atoms with Crippen molar-refractivity contribution >= 4 is 17.3 Å². The van der Waals surface area contributed by atoms with Gasteiger partial charge in [-0.05, 0) is 13.0 Å². The Labute approximate surface area is 113 Å². The quantitative estimate of drug-likeness (QED) is 0.502. The summed E-state index contributed by atoms with van der Waals surface area (Å²) >= 11 is 0. The Balaban J connectivity index is 2.22. The van der Waals surface area contributed by atoms with Crippen LogP contribution in [-0.4, -0.2) is 25.7 Å². The van der Waals surface area contributed by atoms with Crippen molar-refractivity contribution < 1.29 is 14.8 Å². The molecule has 0 fully saturated rings. The van der Waals surface area contributed by atoms with Gasteiger partial charge in [-0.3, -0.25) is 19.6 Å². The number of phenolic OH excluding ortho intramolecular Hbond substituents is 1. The lowest BCUT2D eigenvalue weighted by atomic mass is 10.2. The summed E-state index contributed by atoms with van der Waals surface area (Å²) in [6.45, 7) is 2.50. The van der Waals surface area contributed by atoms with Crippen LogP contribution in [0.3, 0.4) is 0 Å². The van der Waals surface area contributed by atoms with Crippen molar-refractivity contribution in [3.63, 3.8) is 0 Å². The molecule has 20 heavy (non-hydrogen) atoms. The summed E-state index contributed by atoms with van der Waals surface area (Å²) in [5, 5.41) is 26.6. The molecule has 0 aliphatic rings. The molecule has 2 aromatic rings. The molecule has 0 unspecified atom stereocenters. The largest absolute Gasteiger partial charge is 0.506 e. The maximum absolute atomic E-state index is 11.9. The third kappa shape index (κ3) is 2.74. The second kappa shape index (κ2) is 5.39. The molecule has 2 rings (SSSR count). The molecule has 1 amide bonds.